The summed E-state index contributed by atoms with van der Waals surface area (Å²) < 4.78 is 5.58. The number of ether oxygens (including phenoxy) is 1. The highest BCUT2D eigenvalue weighted by Gasteiger charge is 2.46. The summed E-state index contributed by atoms with van der Waals surface area (Å²) in [5.41, 5.74) is 4.72. The molecule has 0 radical (unpaired) electrons. The first-order valence-electron chi connectivity index (χ1n) is 9.08. The molecule has 0 bridgehead atoms. The van der Waals surface area contributed by atoms with Crippen molar-refractivity contribution in [3.8, 4) is 5.75 Å². The number of fused-ring (bicyclic) bond motifs is 1. The summed E-state index contributed by atoms with van der Waals surface area (Å²) in [6.07, 6.45) is 1.91. The lowest BCUT2D eigenvalue weighted by molar-refractivity contribution is -0.679. The van der Waals surface area contributed by atoms with Gasteiger partial charge in [-0.15, -0.1) is 0 Å². The second-order valence-electron chi connectivity index (χ2n) is 7.03. The summed E-state index contributed by atoms with van der Waals surface area (Å²) in [4.78, 5) is 12.1. The molecule has 1 fully saturated rings. The van der Waals surface area contributed by atoms with E-state index in [4.69, 9.17) is 4.74 Å². The smallest absolute Gasteiger partial charge is 0.313 e. The lowest BCUT2D eigenvalue weighted by atomic mass is 9.82. The minimum Gasteiger partial charge on any atom is -0.493 e. The van der Waals surface area contributed by atoms with Gasteiger partial charge in [0.25, 0.3) is 0 Å². The zero-order valence-corrected chi connectivity index (χ0v) is 14.4. The van der Waals surface area contributed by atoms with Crippen molar-refractivity contribution in [2.45, 2.75) is 31.7 Å². The summed E-state index contributed by atoms with van der Waals surface area (Å²) >= 11 is 0. The molecule has 2 aromatic carbocycles. The Bertz CT molecular complexity index is 784. The molecule has 4 nitrogen and oxygen atoms in total. The number of carboxylic acids is 1. The number of aryl methyl sites for hydroxylation is 1. The van der Waals surface area contributed by atoms with E-state index in [1.165, 1.54) is 11.1 Å². The molecule has 3 N–H and O–H groups in total. The van der Waals surface area contributed by atoms with E-state index in [0.717, 1.165) is 42.9 Å². The Morgan fingerprint density at radius 2 is 1.96 bits per heavy atom. The van der Waals surface area contributed by atoms with E-state index in [9.17, 15) is 9.90 Å². The molecule has 0 aromatic heterocycles. The minimum absolute atomic E-state index is 0.0271. The van der Waals surface area contributed by atoms with Crippen LogP contribution in [0, 0.1) is 5.92 Å². The minimum atomic E-state index is -0.708. The van der Waals surface area contributed by atoms with E-state index in [0.29, 0.717) is 0 Å². The van der Waals surface area contributed by atoms with Gasteiger partial charge in [0.15, 0.2) is 0 Å². The Hall–Kier alpha value is -2.33. The number of carbonyl (C=O) groups is 1. The molecular formula is C21H24NO3+. The van der Waals surface area contributed by atoms with Gasteiger partial charge in [-0.3, -0.25) is 4.79 Å². The zero-order chi connectivity index (χ0) is 17.4. The zero-order valence-electron chi connectivity index (χ0n) is 14.4. The van der Waals surface area contributed by atoms with Gasteiger partial charge in [-0.25, -0.2) is 0 Å². The fraction of sp³-hybridized carbons (Fsp3) is 0.381. The van der Waals surface area contributed by atoms with E-state index in [2.05, 4.69) is 42.6 Å². The third kappa shape index (κ3) is 2.91. The van der Waals surface area contributed by atoms with E-state index >= 15 is 0 Å². The number of rotatable bonds is 4. The van der Waals surface area contributed by atoms with Crippen molar-refractivity contribution in [1.82, 2.24) is 0 Å². The largest absolute Gasteiger partial charge is 0.493 e. The van der Waals surface area contributed by atoms with Gasteiger partial charge in [0, 0.05) is 12.0 Å². The molecule has 25 heavy (non-hydrogen) atoms. The maximum atomic E-state index is 12.1. The number of carboxylic acid groups (broad SMARTS) is 1. The third-order valence-corrected chi connectivity index (χ3v) is 5.66. The topological polar surface area (TPSA) is 63.1 Å². The highest BCUT2D eigenvalue weighted by Crippen LogP contribution is 2.38. The average Bonchev–Trinajstić information content (AvgIpc) is 3.27. The van der Waals surface area contributed by atoms with Crippen LogP contribution >= 0.6 is 0 Å². The lowest BCUT2D eigenvalue weighted by Gasteiger charge is -2.18. The van der Waals surface area contributed by atoms with Crippen molar-refractivity contribution in [1.29, 1.82) is 0 Å². The van der Waals surface area contributed by atoms with Crippen LogP contribution in [0.4, 0.5) is 0 Å². The molecule has 2 heterocycles. The van der Waals surface area contributed by atoms with Gasteiger partial charge in [0.2, 0.25) is 0 Å². The van der Waals surface area contributed by atoms with E-state index < -0.39 is 11.9 Å². The van der Waals surface area contributed by atoms with Crippen LogP contribution in [-0.2, 0) is 17.6 Å². The normalized spacial score (nSPS) is 24.8. The van der Waals surface area contributed by atoms with Crippen LogP contribution in [0.2, 0.25) is 0 Å². The fourth-order valence-electron chi connectivity index (χ4n) is 4.26. The first-order chi connectivity index (χ1) is 12.2. The van der Waals surface area contributed by atoms with Crippen LogP contribution in [0.5, 0.6) is 5.75 Å². The van der Waals surface area contributed by atoms with Gasteiger partial charge < -0.3 is 15.2 Å². The van der Waals surface area contributed by atoms with E-state index in [1.807, 2.05) is 12.1 Å². The van der Waals surface area contributed by atoms with Crippen LogP contribution in [0.3, 0.4) is 0 Å². The number of quaternary nitrogens is 1. The van der Waals surface area contributed by atoms with Gasteiger partial charge >= 0.3 is 5.97 Å². The molecule has 130 valence electrons. The monoisotopic (exact) mass is 338 g/mol. The van der Waals surface area contributed by atoms with Gasteiger partial charge in [-0.05, 0) is 29.2 Å². The summed E-state index contributed by atoms with van der Waals surface area (Å²) in [5, 5.41) is 12.1. The number of hydrogen-bond acceptors (Lipinski definition) is 2. The second kappa shape index (κ2) is 6.52. The molecule has 2 aliphatic heterocycles. The Labute approximate surface area is 147 Å². The Morgan fingerprint density at radius 3 is 2.68 bits per heavy atom. The number of hydrogen-bond donors (Lipinski definition) is 2. The quantitative estimate of drug-likeness (QED) is 0.899. The molecule has 2 aliphatic rings. The Kier molecular flexibility index (Phi) is 4.22. The maximum Gasteiger partial charge on any atom is 0.313 e. The average molecular weight is 338 g/mol. The Morgan fingerprint density at radius 1 is 1.20 bits per heavy atom. The molecular weight excluding hydrogens is 314 g/mol. The summed E-state index contributed by atoms with van der Waals surface area (Å²) in [7, 11) is 0. The van der Waals surface area contributed by atoms with E-state index in [1.54, 1.807) is 0 Å². The van der Waals surface area contributed by atoms with Crippen LogP contribution < -0.4 is 10.1 Å². The second-order valence-corrected chi connectivity index (χ2v) is 7.03. The predicted molar refractivity (Wildman–Crippen MR) is 94.9 cm³/mol. The molecule has 0 saturated carbocycles. The summed E-state index contributed by atoms with van der Waals surface area (Å²) in [6.45, 7) is 3.66. The maximum absolute atomic E-state index is 12.1. The van der Waals surface area contributed by atoms with E-state index in [-0.39, 0.29) is 12.0 Å². The van der Waals surface area contributed by atoms with Crippen molar-refractivity contribution in [3.63, 3.8) is 0 Å². The van der Waals surface area contributed by atoms with Gasteiger partial charge in [0.1, 0.15) is 17.7 Å². The van der Waals surface area contributed by atoms with Crippen LogP contribution in [-0.4, -0.2) is 24.2 Å². The number of nitrogens with two attached hydrogens (primary N) is 1. The van der Waals surface area contributed by atoms with Crippen molar-refractivity contribution < 1.29 is 20.0 Å². The first-order valence-corrected chi connectivity index (χ1v) is 9.08. The molecule has 1 saturated heterocycles. The van der Waals surface area contributed by atoms with Gasteiger partial charge in [-0.1, -0.05) is 43.3 Å². The summed E-state index contributed by atoms with van der Waals surface area (Å²) in [5.74, 6) is -0.142. The Balaban J connectivity index is 1.64. The predicted octanol–water partition coefficient (Wildman–Crippen LogP) is 2.29. The molecule has 2 aromatic rings. The standard InChI is InChI=1S/C21H23NO3/c1-2-13-3-5-14(6-4-13)20-19(21(23)24)17(12-22-20)15-7-8-18-16(11-15)9-10-25-18/h3-8,11,17,19-20,22H,2,9-10,12H2,1H3,(H,23,24)/p+1/t17?,19-,20?/m1/s1. The number of aliphatic carboxylic acids is 1. The number of benzene rings is 2. The molecule has 0 aliphatic carbocycles. The molecule has 3 atom stereocenters. The molecule has 4 rings (SSSR count). The van der Waals surface area contributed by atoms with Crippen molar-refractivity contribution in [2.75, 3.05) is 13.2 Å². The first kappa shape index (κ1) is 16.2. The summed E-state index contributed by atoms with van der Waals surface area (Å²) in [6, 6.07) is 14.6. The highest BCUT2D eigenvalue weighted by molar-refractivity contribution is 5.73. The van der Waals surface area contributed by atoms with Crippen LogP contribution in [0.15, 0.2) is 42.5 Å². The third-order valence-electron chi connectivity index (χ3n) is 5.66. The van der Waals surface area contributed by atoms with Crippen LogP contribution in [0.25, 0.3) is 0 Å². The van der Waals surface area contributed by atoms with Crippen molar-refractivity contribution >= 4 is 5.97 Å². The fourth-order valence-corrected chi connectivity index (χ4v) is 4.26. The molecule has 0 amide bonds. The highest BCUT2D eigenvalue weighted by atomic mass is 16.5. The molecule has 4 heteroatoms. The SMILES string of the molecule is CCc1ccc(C2[NH2+]CC(c3ccc4c(c3)CCO4)[C@H]2C(=O)O)cc1. The van der Waals surface area contributed by atoms with Crippen molar-refractivity contribution in [3.05, 3.63) is 64.7 Å². The lowest BCUT2D eigenvalue weighted by Crippen LogP contribution is -2.82. The van der Waals surface area contributed by atoms with Crippen LogP contribution in [0.1, 0.15) is 41.1 Å². The van der Waals surface area contributed by atoms with Gasteiger partial charge in [-0.2, -0.15) is 0 Å². The van der Waals surface area contributed by atoms with Gasteiger partial charge in [0.05, 0.1) is 19.1 Å². The van der Waals surface area contributed by atoms with Crippen molar-refractivity contribution in [2.24, 2.45) is 5.92 Å². The molecule has 0 spiro atoms. The molecule has 2 unspecified atom stereocenters.